The maximum atomic E-state index is 12.3. The molecular formula is C34H44N2O2. The fraction of sp³-hybridized carbons (Fsp3) is 0.500. The summed E-state index contributed by atoms with van der Waals surface area (Å²) in [5.74, 6) is 2.22. The average molecular weight is 513 g/mol. The third-order valence-electron chi connectivity index (χ3n) is 7.80. The Morgan fingerprint density at radius 2 is 1.37 bits per heavy atom. The zero-order chi connectivity index (χ0) is 26.4. The molecule has 0 aliphatic heterocycles. The number of ether oxygens (including phenoxy) is 1. The number of carbonyl (C=O) groups excluding carboxylic acids is 1. The van der Waals surface area contributed by atoms with Gasteiger partial charge in [0.2, 0.25) is 0 Å². The van der Waals surface area contributed by atoms with Gasteiger partial charge in [-0.25, -0.2) is 9.97 Å². The van der Waals surface area contributed by atoms with E-state index >= 15 is 0 Å². The third kappa shape index (κ3) is 9.08. The van der Waals surface area contributed by atoms with E-state index in [1.807, 2.05) is 36.7 Å². The van der Waals surface area contributed by atoms with E-state index in [1.165, 1.54) is 76.2 Å². The van der Waals surface area contributed by atoms with E-state index in [0.717, 1.165) is 47.7 Å². The molecule has 0 spiro atoms. The van der Waals surface area contributed by atoms with Crippen molar-refractivity contribution < 1.29 is 9.53 Å². The molecule has 1 aliphatic carbocycles. The molecule has 4 heteroatoms. The van der Waals surface area contributed by atoms with Gasteiger partial charge >= 0.3 is 5.97 Å². The highest BCUT2D eigenvalue weighted by molar-refractivity contribution is 5.73. The molecule has 38 heavy (non-hydrogen) atoms. The van der Waals surface area contributed by atoms with Crippen LogP contribution in [-0.4, -0.2) is 15.9 Å². The van der Waals surface area contributed by atoms with E-state index in [9.17, 15) is 4.79 Å². The van der Waals surface area contributed by atoms with Crippen LogP contribution < -0.4 is 4.74 Å². The molecule has 1 heterocycles. The summed E-state index contributed by atoms with van der Waals surface area (Å²) in [6.07, 6.45) is 22.2. The van der Waals surface area contributed by atoms with E-state index in [0.29, 0.717) is 12.2 Å². The first-order valence-electron chi connectivity index (χ1n) is 14.9. The Hall–Kier alpha value is -3.01. The lowest BCUT2D eigenvalue weighted by molar-refractivity contribution is -0.134. The molecular weight excluding hydrogens is 468 g/mol. The number of aryl methyl sites for hydroxylation is 1. The molecule has 1 aromatic heterocycles. The maximum absolute atomic E-state index is 12.3. The van der Waals surface area contributed by atoms with Gasteiger partial charge in [-0.1, -0.05) is 114 Å². The summed E-state index contributed by atoms with van der Waals surface area (Å²) in [6, 6.07) is 16.1. The van der Waals surface area contributed by atoms with Gasteiger partial charge in [0, 0.05) is 24.4 Å². The molecule has 0 atom stereocenters. The Labute approximate surface area is 229 Å². The molecule has 1 fully saturated rings. The van der Waals surface area contributed by atoms with Crippen molar-refractivity contribution in [2.24, 2.45) is 5.92 Å². The summed E-state index contributed by atoms with van der Waals surface area (Å²) in [5, 5.41) is 0. The molecule has 0 bridgehead atoms. The number of aromatic nitrogens is 2. The smallest absolute Gasteiger partial charge is 0.311 e. The van der Waals surface area contributed by atoms with E-state index in [2.05, 4.69) is 41.2 Å². The zero-order valence-corrected chi connectivity index (χ0v) is 23.2. The molecule has 0 saturated heterocycles. The summed E-state index contributed by atoms with van der Waals surface area (Å²) >= 11 is 0. The molecule has 2 aromatic carbocycles. The van der Waals surface area contributed by atoms with Gasteiger partial charge in [-0.05, 0) is 54.0 Å². The Balaban J connectivity index is 1.17. The second-order valence-electron chi connectivity index (χ2n) is 10.9. The fourth-order valence-corrected chi connectivity index (χ4v) is 5.45. The van der Waals surface area contributed by atoms with Crippen LogP contribution in [0, 0.1) is 5.92 Å². The lowest BCUT2D eigenvalue weighted by Crippen LogP contribution is -2.07. The number of hydrogen-bond acceptors (Lipinski definition) is 4. The predicted molar refractivity (Wildman–Crippen MR) is 156 cm³/mol. The van der Waals surface area contributed by atoms with E-state index in [-0.39, 0.29) is 5.97 Å². The molecule has 4 nitrogen and oxygen atoms in total. The van der Waals surface area contributed by atoms with Crippen LogP contribution in [0.5, 0.6) is 5.75 Å². The molecule has 0 N–H and O–H groups in total. The van der Waals surface area contributed by atoms with Gasteiger partial charge in [-0.3, -0.25) is 4.79 Å². The van der Waals surface area contributed by atoms with Gasteiger partial charge in [0.05, 0.1) is 0 Å². The van der Waals surface area contributed by atoms with Crippen LogP contribution in [0.3, 0.4) is 0 Å². The van der Waals surface area contributed by atoms with Gasteiger partial charge in [-0.2, -0.15) is 0 Å². The first kappa shape index (κ1) is 28.0. The van der Waals surface area contributed by atoms with Crippen LogP contribution in [0.15, 0.2) is 60.9 Å². The zero-order valence-electron chi connectivity index (χ0n) is 23.2. The molecule has 0 unspecified atom stereocenters. The van der Waals surface area contributed by atoms with Gasteiger partial charge < -0.3 is 4.74 Å². The fourth-order valence-electron chi connectivity index (χ4n) is 5.45. The normalized spacial score (nSPS) is 13.6. The lowest BCUT2D eigenvalue weighted by atomic mass is 9.99. The van der Waals surface area contributed by atoms with E-state index < -0.39 is 0 Å². The van der Waals surface area contributed by atoms with Crippen LogP contribution in [0.1, 0.15) is 102 Å². The number of rotatable bonds is 15. The number of nitrogens with zero attached hydrogens (tertiary/aromatic N) is 2. The van der Waals surface area contributed by atoms with Gasteiger partial charge in [0.15, 0.2) is 5.82 Å². The largest absolute Gasteiger partial charge is 0.427 e. The Bertz CT molecular complexity index is 1080. The maximum Gasteiger partial charge on any atom is 0.311 e. The SMILES string of the molecule is CCCCCc1cnc(-c2ccc(-c3ccc(OC(=O)CCCCCCCC4CCCC4)cc3)cc2)nc1. The highest BCUT2D eigenvalue weighted by Crippen LogP contribution is 2.29. The number of unbranched alkanes of at least 4 members (excludes halogenated alkanes) is 6. The summed E-state index contributed by atoms with van der Waals surface area (Å²) in [6.45, 7) is 2.22. The number of esters is 1. The molecule has 0 radical (unpaired) electrons. The minimum absolute atomic E-state index is 0.135. The van der Waals surface area contributed by atoms with Crippen LogP contribution >= 0.6 is 0 Å². The average Bonchev–Trinajstić information content (AvgIpc) is 3.47. The monoisotopic (exact) mass is 512 g/mol. The van der Waals surface area contributed by atoms with Gasteiger partial charge in [0.25, 0.3) is 0 Å². The summed E-state index contributed by atoms with van der Waals surface area (Å²) in [4.78, 5) is 21.4. The number of benzene rings is 2. The highest BCUT2D eigenvalue weighted by Gasteiger charge is 2.14. The number of carbonyl (C=O) groups is 1. The van der Waals surface area contributed by atoms with Crippen molar-refractivity contribution in [1.82, 2.24) is 9.97 Å². The number of hydrogen-bond donors (Lipinski definition) is 0. The van der Waals surface area contributed by atoms with Crippen LogP contribution in [0.4, 0.5) is 0 Å². The lowest BCUT2D eigenvalue weighted by Gasteiger charge is -2.08. The Morgan fingerprint density at radius 3 is 2.05 bits per heavy atom. The Kier molecular flexibility index (Phi) is 11.4. The van der Waals surface area contributed by atoms with E-state index in [4.69, 9.17) is 4.74 Å². The van der Waals surface area contributed by atoms with Crippen molar-refractivity contribution in [3.05, 3.63) is 66.5 Å². The van der Waals surface area contributed by atoms with Crippen LogP contribution in [-0.2, 0) is 11.2 Å². The summed E-state index contributed by atoms with van der Waals surface area (Å²) < 4.78 is 5.56. The molecule has 4 rings (SSSR count). The molecule has 0 amide bonds. The summed E-state index contributed by atoms with van der Waals surface area (Å²) in [7, 11) is 0. The van der Waals surface area contributed by atoms with Crippen molar-refractivity contribution in [2.75, 3.05) is 0 Å². The minimum atomic E-state index is -0.135. The standard InChI is InChI=1S/C34H44N2O2/c1-2-3-7-15-28-25-35-34(36-26-28)31-19-17-29(18-20-31)30-21-23-32(24-22-30)38-33(37)16-9-6-4-5-8-12-27-13-10-11-14-27/h17-27H,2-16H2,1H3. The van der Waals surface area contributed by atoms with Gasteiger partial charge in [-0.15, -0.1) is 0 Å². The predicted octanol–water partition coefficient (Wildman–Crippen LogP) is 9.37. The van der Waals surface area contributed by atoms with Crippen molar-refractivity contribution in [3.63, 3.8) is 0 Å². The van der Waals surface area contributed by atoms with E-state index in [1.54, 1.807) is 0 Å². The quantitative estimate of drug-likeness (QED) is 0.116. The molecule has 202 valence electrons. The summed E-state index contributed by atoms with van der Waals surface area (Å²) in [5.41, 5.74) is 4.40. The second kappa shape index (κ2) is 15.4. The first-order valence-corrected chi connectivity index (χ1v) is 14.9. The molecule has 1 aliphatic rings. The topological polar surface area (TPSA) is 52.1 Å². The third-order valence-corrected chi connectivity index (χ3v) is 7.80. The van der Waals surface area contributed by atoms with Crippen molar-refractivity contribution in [2.45, 2.75) is 103 Å². The second-order valence-corrected chi connectivity index (χ2v) is 10.9. The van der Waals surface area contributed by atoms with Crippen LogP contribution in [0.2, 0.25) is 0 Å². The minimum Gasteiger partial charge on any atom is -0.427 e. The Morgan fingerprint density at radius 1 is 0.763 bits per heavy atom. The van der Waals surface area contributed by atoms with Crippen molar-refractivity contribution in [1.29, 1.82) is 0 Å². The van der Waals surface area contributed by atoms with Crippen molar-refractivity contribution in [3.8, 4) is 28.3 Å². The van der Waals surface area contributed by atoms with Crippen molar-refractivity contribution >= 4 is 5.97 Å². The first-order chi connectivity index (χ1) is 18.7. The molecule has 1 saturated carbocycles. The van der Waals surface area contributed by atoms with Crippen LogP contribution in [0.25, 0.3) is 22.5 Å². The van der Waals surface area contributed by atoms with Gasteiger partial charge in [0.1, 0.15) is 5.75 Å². The molecule has 3 aromatic rings. The highest BCUT2D eigenvalue weighted by atomic mass is 16.5.